The molecule has 1 amide bonds. The fraction of sp³-hybridized carbons (Fsp3) is 0.150. The van der Waals surface area contributed by atoms with Gasteiger partial charge < -0.3 is 14.6 Å². The van der Waals surface area contributed by atoms with E-state index in [-0.39, 0.29) is 16.8 Å². The first-order valence-electron chi connectivity index (χ1n) is 8.21. The molecule has 1 N–H and O–H groups in total. The molecule has 27 heavy (non-hydrogen) atoms. The molecule has 0 saturated carbocycles. The van der Waals surface area contributed by atoms with Gasteiger partial charge in [-0.1, -0.05) is 12.1 Å². The van der Waals surface area contributed by atoms with Crippen molar-refractivity contribution in [3.05, 3.63) is 93.9 Å². The molecule has 2 heterocycles. The van der Waals surface area contributed by atoms with Crippen LogP contribution >= 0.6 is 0 Å². The van der Waals surface area contributed by atoms with Crippen LogP contribution in [-0.2, 0) is 7.05 Å². The number of aromatic nitrogens is 2. The predicted octanol–water partition coefficient (Wildman–Crippen LogP) is 2.45. The number of rotatable bonds is 5. The Labute approximate surface area is 155 Å². The average molecular weight is 367 g/mol. The van der Waals surface area contributed by atoms with E-state index in [4.69, 9.17) is 4.74 Å². The molecule has 3 aromatic rings. The molecular formula is C20H18FN3O3. The number of hydrogen-bond donors (Lipinski definition) is 1. The Bertz CT molecular complexity index is 1020. The van der Waals surface area contributed by atoms with Gasteiger partial charge in [0.15, 0.2) is 0 Å². The van der Waals surface area contributed by atoms with Crippen molar-refractivity contribution in [2.45, 2.75) is 6.04 Å². The summed E-state index contributed by atoms with van der Waals surface area (Å²) in [5.41, 5.74) is 0.799. The van der Waals surface area contributed by atoms with Crippen LogP contribution in [0.4, 0.5) is 4.39 Å². The standard InChI is InChI=1S/C20H18FN3O3/c1-24-12-14(7-10-17(24)25)20(26)23-18(19-16(21)4-3-11-22-19)13-5-8-15(27-2)9-6-13/h3-12,18H,1-2H3,(H,23,26)/t18-/m0/s1. The molecule has 1 atom stereocenters. The van der Waals surface area contributed by atoms with Gasteiger partial charge in [0.1, 0.15) is 17.3 Å². The van der Waals surface area contributed by atoms with Crippen LogP contribution in [0.15, 0.2) is 65.7 Å². The molecule has 7 heteroatoms. The van der Waals surface area contributed by atoms with Crippen LogP contribution in [-0.4, -0.2) is 22.6 Å². The number of ether oxygens (including phenoxy) is 1. The highest BCUT2D eigenvalue weighted by atomic mass is 19.1. The number of carbonyl (C=O) groups is 1. The van der Waals surface area contributed by atoms with Gasteiger partial charge in [0, 0.05) is 25.5 Å². The van der Waals surface area contributed by atoms with Crippen LogP contribution in [0.25, 0.3) is 0 Å². The number of pyridine rings is 2. The van der Waals surface area contributed by atoms with E-state index in [1.807, 2.05) is 0 Å². The first-order chi connectivity index (χ1) is 13.0. The molecule has 2 aromatic heterocycles. The molecule has 138 valence electrons. The van der Waals surface area contributed by atoms with Gasteiger partial charge in [0.05, 0.1) is 18.7 Å². The quantitative estimate of drug-likeness (QED) is 0.752. The molecule has 0 saturated heterocycles. The van der Waals surface area contributed by atoms with Gasteiger partial charge in [-0.05, 0) is 35.9 Å². The van der Waals surface area contributed by atoms with Crippen molar-refractivity contribution in [3.8, 4) is 5.75 Å². The maximum absolute atomic E-state index is 14.4. The zero-order valence-corrected chi connectivity index (χ0v) is 14.8. The topological polar surface area (TPSA) is 73.2 Å². The Morgan fingerprint density at radius 1 is 1.19 bits per heavy atom. The first kappa shape index (κ1) is 18.3. The summed E-state index contributed by atoms with van der Waals surface area (Å²) in [6, 6.07) is 11.6. The number of carbonyl (C=O) groups excluding carboxylic acids is 1. The van der Waals surface area contributed by atoms with Gasteiger partial charge >= 0.3 is 0 Å². The second-order valence-electron chi connectivity index (χ2n) is 5.92. The number of hydrogen-bond acceptors (Lipinski definition) is 4. The van der Waals surface area contributed by atoms with Crippen LogP contribution in [0, 0.1) is 5.82 Å². The molecule has 0 aliphatic carbocycles. The number of benzene rings is 1. The highest BCUT2D eigenvalue weighted by Gasteiger charge is 2.22. The van der Waals surface area contributed by atoms with Crippen molar-refractivity contribution in [3.63, 3.8) is 0 Å². The Hall–Kier alpha value is -3.48. The third-order valence-corrected chi connectivity index (χ3v) is 4.13. The van der Waals surface area contributed by atoms with Gasteiger partial charge in [-0.15, -0.1) is 0 Å². The summed E-state index contributed by atoms with van der Waals surface area (Å²) in [4.78, 5) is 28.3. The molecule has 0 aliphatic rings. The summed E-state index contributed by atoms with van der Waals surface area (Å²) in [6.45, 7) is 0. The van der Waals surface area contributed by atoms with E-state index in [2.05, 4.69) is 10.3 Å². The second kappa shape index (κ2) is 7.82. The minimum Gasteiger partial charge on any atom is -0.497 e. The van der Waals surface area contributed by atoms with E-state index in [9.17, 15) is 14.0 Å². The summed E-state index contributed by atoms with van der Waals surface area (Å²) >= 11 is 0. The first-order valence-corrected chi connectivity index (χ1v) is 8.21. The fourth-order valence-electron chi connectivity index (χ4n) is 2.66. The molecular weight excluding hydrogens is 349 g/mol. The highest BCUT2D eigenvalue weighted by Crippen LogP contribution is 2.25. The van der Waals surface area contributed by atoms with Crippen molar-refractivity contribution in [2.24, 2.45) is 7.05 Å². The van der Waals surface area contributed by atoms with E-state index in [1.165, 1.54) is 41.2 Å². The molecule has 0 aliphatic heterocycles. The van der Waals surface area contributed by atoms with Crippen LogP contribution in [0.5, 0.6) is 5.75 Å². The summed E-state index contributed by atoms with van der Waals surface area (Å²) in [7, 11) is 3.10. The zero-order valence-electron chi connectivity index (χ0n) is 14.8. The number of aryl methyl sites for hydroxylation is 1. The lowest BCUT2D eigenvalue weighted by Crippen LogP contribution is -2.31. The van der Waals surface area contributed by atoms with Crippen LogP contribution < -0.4 is 15.6 Å². The molecule has 0 spiro atoms. The fourth-order valence-corrected chi connectivity index (χ4v) is 2.66. The predicted molar refractivity (Wildman–Crippen MR) is 98.2 cm³/mol. The maximum atomic E-state index is 14.4. The van der Waals surface area contributed by atoms with Gasteiger partial charge in [-0.25, -0.2) is 4.39 Å². The minimum absolute atomic E-state index is 0.0980. The van der Waals surface area contributed by atoms with Crippen molar-refractivity contribution >= 4 is 5.91 Å². The Morgan fingerprint density at radius 3 is 2.56 bits per heavy atom. The molecule has 0 unspecified atom stereocenters. The Morgan fingerprint density at radius 2 is 1.93 bits per heavy atom. The van der Waals surface area contributed by atoms with E-state index in [0.29, 0.717) is 11.3 Å². The van der Waals surface area contributed by atoms with Gasteiger partial charge in [-0.3, -0.25) is 14.6 Å². The summed E-state index contributed by atoms with van der Waals surface area (Å²) in [5.74, 6) is -0.334. The van der Waals surface area contributed by atoms with E-state index in [0.717, 1.165) is 0 Å². The monoisotopic (exact) mass is 367 g/mol. The van der Waals surface area contributed by atoms with Crippen molar-refractivity contribution in [2.75, 3.05) is 7.11 Å². The number of nitrogens with zero attached hydrogens (tertiary/aromatic N) is 2. The average Bonchev–Trinajstić information content (AvgIpc) is 2.69. The molecule has 0 bridgehead atoms. The third-order valence-electron chi connectivity index (χ3n) is 4.13. The smallest absolute Gasteiger partial charge is 0.253 e. The van der Waals surface area contributed by atoms with Gasteiger partial charge in [-0.2, -0.15) is 0 Å². The minimum atomic E-state index is -0.804. The maximum Gasteiger partial charge on any atom is 0.253 e. The lowest BCUT2D eigenvalue weighted by molar-refractivity contribution is 0.0941. The lowest BCUT2D eigenvalue weighted by Gasteiger charge is -2.20. The van der Waals surface area contributed by atoms with E-state index < -0.39 is 17.8 Å². The summed E-state index contributed by atoms with van der Waals surface area (Å²) < 4.78 is 20.8. The number of halogens is 1. The van der Waals surface area contributed by atoms with Gasteiger partial charge in [0.25, 0.3) is 5.91 Å². The summed E-state index contributed by atoms with van der Waals surface area (Å²) in [6.07, 6.45) is 2.89. The van der Waals surface area contributed by atoms with Crippen molar-refractivity contribution in [1.82, 2.24) is 14.9 Å². The van der Waals surface area contributed by atoms with Crippen LogP contribution in [0.3, 0.4) is 0 Å². The molecule has 6 nitrogen and oxygen atoms in total. The molecule has 1 aromatic carbocycles. The van der Waals surface area contributed by atoms with Crippen molar-refractivity contribution in [1.29, 1.82) is 0 Å². The highest BCUT2D eigenvalue weighted by molar-refractivity contribution is 5.94. The molecule has 0 fully saturated rings. The molecule has 0 radical (unpaired) electrons. The second-order valence-corrected chi connectivity index (χ2v) is 5.92. The number of nitrogens with one attached hydrogen (secondary N) is 1. The Kier molecular flexibility index (Phi) is 5.30. The van der Waals surface area contributed by atoms with E-state index >= 15 is 0 Å². The lowest BCUT2D eigenvalue weighted by atomic mass is 10.0. The van der Waals surface area contributed by atoms with E-state index in [1.54, 1.807) is 38.4 Å². The normalized spacial score (nSPS) is 11.7. The Balaban J connectivity index is 1.98. The van der Waals surface area contributed by atoms with Crippen molar-refractivity contribution < 1.29 is 13.9 Å². The van der Waals surface area contributed by atoms with Gasteiger partial charge in [0.2, 0.25) is 5.56 Å². The third kappa shape index (κ3) is 4.03. The molecule has 3 rings (SSSR count). The SMILES string of the molecule is COc1ccc([C@H](NC(=O)c2ccc(=O)n(C)c2)c2ncccc2F)cc1. The zero-order chi connectivity index (χ0) is 19.4. The van der Waals surface area contributed by atoms with Crippen LogP contribution in [0.1, 0.15) is 27.7 Å². The largest absolute Gasteiger partial charge is 0.497 e. The van der Waals surface area contributed by atoms with Crippen LogP contribution in [0.2, 0.25) is 0 Å². The number of methoxy groups -OCH3 is 1. The number of amides is 1. The summed E-state index contributed by atoms with van der Waals surface area (Å²) in [5, 5.41) is 2.79.